The van der Waals surface area contributed by atoms with Gasteiger partial charge in [-0.05, 0) is 17.9 Å². The van der Waals surface area contributed by atoms with Gasteiger partial charge in [0.1, 0.15) is 6.10 Å². The van der Waals surface area contributed by atoms with Gasteiger partial charge in [-0.25, -0.2) is 0 Å². The Morgan fingerprint density at radius 1 is 1.15 bits per heavy atom. The van der Waals surface area contributed by atoms with Gasteiger partial charge in [0.25, 0.3) is 0 Å². The summed E-state index contributed by atoms with van der Waals surface area (Å²) in [5.41, 5.74) is 0.710. The van der Waals surface area contributed by atoms with Crippen LogP contribution in [-0.4, -0.2) is 24.0 Å². The minimum Gasteiger partial charge on any atom is -0.386 e. The number of halogens is 3. The molecule has 1 aromatic carbocycles. The molecule has 0 aliphatic rings. The van der Waals surface area contributed by atoms with Gasteiger partial charge in [-0.1, -0.05) is 44.2 Å². The molecule has 1 rings (SSSR count). The molecule has 5 heteroatoms. The highest BCUT2D eigenvalue weighted by molar-refractivity contribution is 5.18. The van der Waals surface area contributed by atoms with E-state index in [-0.39, 0.29) is 18.9 Å². The monoisotopic (exact) mass is 290 g/mol. The van der Waals surface area contributed by atoms with Crippen molar-refractivity contribution in [2.75, 3.05) is 6.61 Å². The second kappa shape index (κ2) is 7.64. The number of aliphatic hydroxyl groups excluding tert-OH is 1. The van der Waals surface area contributed by atoms with E-state index in [1.165, 1.54) is 0 Å². The van der Waals surface area contributed by atoms with Gasteiger partial charge in [0, 0.05) is 13.0 Å². The number of ether oxygens (including phenoxy) is 1. The molecular formula is C15H21F3O2. The highest BCUT2D eigenvalue weighted by atomic mass is 19.4. The van der Waals surface area contributed by atoms with Gasteiger partial charge in [0.05, 0.1) is 6.10 Å². The van der Waals surface area contributed by atoms with Gasteiger partial charge < -0.3 is 9.84 Å². The summed E-state index contributed by atoms with van der Waals surface area (Å²) >= 11 is 0. The summed E-state index contributed by atoms with van der Waals surface area (Å²) in [6.45, 7) is 3.74. The zero-order valence-electron chi connectivity index (χ0n) is 11.7. The number of aliphatic hydroxyl groups is 1. The van der Waals surface area contributed by atoms with Crippen molar-refractivity contribution in [1.82, 2.24) is 0 Å². The molecule has 2 unspecified atom stereocenters. The van der Waals surface area contributed by atoms with E-state index in [2.05, 4.69) is 0 Å². The molecule has 0 amide bonds. The third-order valence-electron chi connectivity index (χ3n) is 3.02. The van der Waals surface area contributed by atoms with Gasteiger partial charge >= 0.3 is 6.18 Å². The Hall–Kier alpha value is -1.07. The third kappa shape index (κ3) is 5.92. The SMILES string of the molecule is CC(C)C(OCCCC(F)(F)F)C(O)c1ccccc1. The van der Waals surface area contributed by atoms with Crippen molar-refractivity contribution in [3.63, 3.8) is 0 Å². The molecule has 0 aliphatic heterocycles. The first kappa shape index (κ1) is 17.0. The Bertz CT molecular complexity index is 376. The zero-order valence-corrected chi connectivity index (χ0v) is 11.7. The lowest BCUT2D eigenvalue weighted by molar-refractivity contribution is -0.141. The summed E-state index contributed by atoms with van der Waals surface area (Å²) < 4.78 is 41.6. The summed E-state index contributed by atoms with van der Waals surface area (Å²) in [5.74, 6) is 0.0103. The standard InChI is InChI=1S/C15H21F3O2/c1-11(2)14(20-10-6-9-15(16,17)18)13(19)12-7-4-3-5-8-12/h3-5,7-8,11,13-14,19H,6,9-10H2,1-2H3. The third-order valence-corrected chi connectivity index (χ3v) is 3.02. The fourth-order valence-corrected chi connectivity index (χ4v) is 1.98. The van der Waals surface area contributed by atoms with Crippen molar-refractivity contribution in [2.45, 2.75) is 45.1 Å². The quantitative estimate of drug-likeness (QED) is 0.766. The summed E-state index contributed by atoms with van der Waals surface area (Å²) in [5, 5.41) is 10.3. The summed E-state index contributed by atoms with van der Waals surface area (Å²) in [6.07, 6.45) is -6.45. The second-order valence-corrected chi connectivity index (χ2v) is 5.15. The van der Waals surface area contributed by atoms with Crippen LogP contribution in [-0.2, 0) is 4.74 Å². The number of alkyl halides is 3. The molecular weight excluding hydrogens is 269 g/mol. The fourth-order valence-electron chi connectivity index (χ4n) is 1.98. The smallest absolute Gasteiger partial charge is 0.386 e. The Morgan fingerprint density at radius 2 is 1.75 bits per heavy atom. The Kier molecular flexibility index (Phi) is 6.49. The van der Waals surface area contributed by atoms with Crippen LogP contribution < -0.4 is 0 Å². The molecule has 20 heavy (non-hydrogen) atoms. The maximum atomic E-state index is 12.1. The fraction of sp³-hybridized carbons (Fsp3) is 0.600. The van der Waals surface area contributed by atoms with Crippen LogP contribution in [0.5, 0.6) is 0 Å². The highest BCUT2D eigenvalue weighted by Crippen LogP contribution is 2.26. The van der Waals surface area contributed by atoms with E-state index in [1.54, 1.807) is 24.3 Å². The Labute approximate surface area is 117 Å². The molecule has 0 heterocycles. The van der Waals surface area contributed by atoms with Gasteiger partial charge in [0.2, 0.25) is 0 Å². The molecule has 0 saturated carbocycles. The van der Waals surface area contributed by atoms with E-state index in [0.29, 0.717) is 5.56 Å². The highest BCUT2D eigenvalue weighted by Gasteiger charge is 2.28. The van der Waals surface area contributed by atoms with Crippen molar-refractivity contribution in [2.24, 2.45) is 5.92 Å². The van der Waals surface area contributed by atoms with Gasteiger partial charge in [-0.15, -0.1) is 0 Å². The molecule has 1 aromatic rings. The van der Waals surface area contributed by atoms with Crippen LogP contribution in [0.25, 0.3) is 0 Å². The second-order valence-electron chi connectivity index (χ2n) is 5.15. The van der Waals surface area contributed by atoms with E-state index < -0.39 is 24.8 Å². The van der Waals surface area contributed by atoms with Crippen molar-refractivity contribution < 1.29 is 23.0 Å². The van der Waals surface area contributed by atoms with Crippen LogP contribution in [0.2, 0.25) is 0 Å². The molecule has 2 nitrogen and oxygen atoms in total. The van der Waals surface area contributed by atoms with E-state index >= 15 is 0 Å². The van der Waals surface area contributed by atoms with Gasteiger partial charge in [0.15, 0.2) is 0 Å². The molecule has 2 atom stereocenters. The van der Waals surface area contributed by atoms with Crippen LogP contribution >= 0.6 is 0 Å². The van der Waals surface area contributed by atoms with Crippen molar-refractivity contribution >= 4 is 0 Å². The van der Waals surface area contributed by atoms with E-state index in [4.69, 9.17) is 4.74 Å². The molecule has 0 radical (unpaired) electrons. The van der Waals surface area contributed by atoms with Crippen LogP contribution in [0.3, 0.4) is 0 Å². The lowest BCUT2D eigenvalue weighted by atomic mass is 9.96. The van der Waals surface area contributed by atoms with Crippen LogP contribution in [0.1, 0.15) is 38.4 Å². The maximum absolute atomic E-state index is 12.1. The number of hydrogen-bond donors (Lipinski definition) is 1. The van der Waals surface area contributed by atoms with Crippen LogP contribution in [0.4, 0.5) is 13.2 Å². The van der Waals surface area contributed by atoms with Crippen molar-refractivity contribution in [3.8, 4) is 0 Å². The average molecular weight is 290 g/mol. The molecule has 0 saturated heterocycles. The van der Waals surface area contributed by atoms with Crippen LogP contribution in [0, 0.1) is 5.92 Å². The van der Waals surface area contributed by atoms with Crippen molar-refractivity contribution in [1.29, 1.82) is 0 Å². The van der Waals surface area contributed by atoms with Crippen molar-refractivity contribution in [3.05, 3.63) is 35.9 Å². The predicted molar refractivity (Wildman–Crippen MR) is 71.3 cm³/mol. The first-order valence-electron chi connectivity index (χ1n) is 6.72. The largest absolute Gasteiger partial charge is 0.389 e. The maximum Gasteiger partial charge on any atom is 0.389 e. The molecule has 114 valence electrons. The van der Waals surface area contributed by atoms with Gasteiger partial charge in [-0.3, -0.25) is 0 Å². The number of benzene rings is 1. The minimum atomic E-state index is -4.16. The lowest BCUT2D eigenvalue weighted by Crippen LogP contribution is -2.28. The van der Waals surface area contributed by atoms with Gasteiger partial charge in [-0.2, -0.15) is 13.2 Å². The first-order valence-corrected chi connectivity index (χ1v) is 6.72. The predicted octanol–water partition coefficient (Wildman–Crippen LogP) is 4.10. The number of hydrogen-bond acceptors (Lipinski definition) is 2. The van der Waals surface area contributed by atoms with E-state index in [0.717, 1.165) is 0 Å². The molecule has 0 aromatic heterocycles. The molecule has 0 bridgehead atoms. The van der Waals surface area contributed by atoms with Crippen LogP contribution in [0.15, 0.2) is 30.3 Å². The average Bonchev–Trinajstić information content (AvgIpc) is 2.37. The Balaban J connectivity index is 2.53. The topological polar surface area (TPSA) is 29.5 Å². The molecule has 1 N–H and O–H groups in total. The summed E-state index contributed by atoms with van der Waals surface area (Å²) in [7, 11) is 0. The zero-order chi connectivity index (χ0) is 15.2. The first-order chi connectivity index (χ1) is 9.31. The molecule has 0 spiro atoms. The Morgan fingerprint density at radius 3 is 2.25 bits per heavy atom. The van der Waals surface area contributed by atoms with E-state index in [1.807, 2.05) is 19.9 Å². The minimum absolute atomic E-state index is 0.00769. The lowest BCUT2D eigenvalue weighted by Gasteiger charge is -2.27. The summed E-state index contributed by atoms with van der Waals surface area (Å²) in [6, 6.07) is 9.00. The van der Waals surface area contributed by atoms with E-state index in [9.17, 15) is 18.3 Å². The molecule has 0 aliphatic carbocycles. The summed E-state index contributed by atoms with van der Waals surface area (Å²) in [4.78, 5) is 0. The normalized spacial score (nSPS) is 15.3. The molecule has 0 fully saturated rings. The number of rotatable bonds is 7.